The molecule has 1 aliphatic rings. The van der Waals surface area contributed by atoms with Gasteiger partial charge in [0.15, 0.2) is 0 Å². The lowest BCUT2D eigenvalue weighted by atomic mass is 9.90. The molecule has 0 aromatic heterocycles. The molecule has 0 aliphatic carbocycles. The van der Waals surface area contributed by atoms with E-state index in [4.69, 9.17) is 0 Å². The van der Waals surface area contributed by atoms with Crippen LogP contribution in [0.1, 0.15) is 42.6 Å². The van der Waals surface area contributed by atoms with Gasteiger partial charge in [0, 0.05) is 15.4 Å². The molecule has 0 saturated heterocycles. The number of hydrogen-bond acceptors (Lipinski definition) is 2. The summed E-state index contributed by atoms with van der Waals surface area (Å²) in [6.07, 6.45) is -0.490. The first-order chi connectivity index (χ1) is 8.68. The fourth-order valence-electron chi connectivity index (χ4n) is 2.52. The summed E-state index contributed by atoms with van der Waals surface area (Å²) in [7, 11) is 0. The Bertz CT molecular complexity index is 589. The highest BCUT2D eigenvalue weighted by atomic mass is 32.2. The van der Waals surface area contributed by atoms with E-state index in [-0.39, 0.29) is 0 Å². The van der Waals surface area contributed by atoms with E-state index in [2.05, 4.69) is 38.1 Å². The van der Waals surface area contributed by atoms with Crippen LogP contribution in [-0.4, -0.2) is 5.11 Å². The number of hydrogen-bond donors (Lipinski definition) is 1. The van der Waals surface area contributed by atoms with E-state index in [9.17, 15) is 5.11 Å². The summed E-state index contributed by atoms with van der Waals surface area (Å²) in [4.78, 5) is 2.35. The van der Waals surface area contributed by atoms with Gasteiger partial charge in [-0.05, 0) is 29.2 Å². The first-order valence-electron chi connectivity index (χ1n) is 6.26. The lowest BCUT2D eigenvalue weighted by Crippen LogP contribution is -2.11. The lowest BCUT2D eigenvalue weighted by molar-refractivity contribution is 0.211. The minimum Gasteiger partial charge on any atom is -0.384 e. The zero-order chi connectivity index (χ0) is 12.7. The van der Waals surface area contributed by atoms with Crippen LogP contribution in [-0.2, 0) is 0 Å². The van der Waals surface area contributed by atoms with Crippen molar-refractivity contribution in [2.24, 2.45) is 0 Å². The van der Waals surface area contributed by atoms with E-state index in [0.717, 1.165) is 11.1 Å². The molecule has 0 bridgehead atoms. The second-order valence-corrected chi connectivity index (χ2v) is 6.04. The standard InChI is InChI=1S/C16H16OS/c1-10(2)11-7-5-9-14-15(11)16(17)12-6-3-4-8-13(12)18-14/h3-10,16-17H,1-2H3. The largest absolute Gasteiger partial charge is 0.384 e. The smallest absolute Gasteiger partial charge is 0.107 e. The average molecular weight is 256 g/mol. The van der Waals surface area contributed by atoms with Gasteiger partial charge in [0.1, 0.15) is 6.10 Å². The molecule has 1 N–H and O–H groups in total. The predicted octanol–water partition coefficient (Wildman–Crippen LogP) is 4.36. The maximum atomic E-state index is 10.6. The molecule has 0 amide bonds. The first-order valence-corrected chi connectivity index (χ1v) is 7.08. The molecule has 1 heterocycles. The quantitative estimate of drug-likeness (QED) is 0.818. The van der Waals surface area contributed by atoms with Crippen molar-refractivity contribution in [2.75, 3.05) is 0 Å². The Hall–Kier alpha value is -1.25. The molecule has 0 spiro atoms. The van der Waals surface area contributed by atoms with Crippen LogP contribution in [0.4, 0.5) is 0 Å². The zero-order valence-corrected chi connectivity index (χ0v) is 11.4. The summed E-state index contributed by atoms with van der Waals surface area (Å²) >= 11 is 1.76. The molecule has 2 aromatic carbocycles. The molecular weight excluding hydrogens is 240 g/mol. The summed E-state index contributed by atoms with van der Waals surface area (Å²) < 4.78 is 0. The van der Waals surface area contributed by atoms with Gasteiger partial charge < -0.3 is 5.11 Å². The molecule has 0 saturated carbocycles. The summed E-state index contributed by atoms with van der Waals surface area (Å²) in [6.45, 7) is 4.35. The van der Waals surface area contributed by atoms with Crippen molar-refractivity contribution >= 4 is 11.8 Å². The third-order valence-electron chi connectivity index (χ3n) is 3.43. The summed E-state index contributed by atoms with van der Waals surface area (Å²) in [5, 5.41) is 10.6. The number of rotatable bonds is 1. The average Bonchev–Trinajstić information content (AvgIpc) is 2.38. The Morgan fingerprint density at radius 3 is 2.50 bits per heavy atom. The van der Waals surface area contributed by atoms with E-state index in [0.29, 0.717) is 5.92 Å². The minimum absolute atomic E-state index is 0.431. The molecule has 18 heavy (non-hydrogen) atoms. The molecule has 1 atom stereocenters. The Morgan fingerprint density at radius 1 is 1.00 bits per heavy atom. The van der Waals surface area contributed by atoms with Crippen molar-refractivity contribution in [1.29, 1.82) is 0 Å². The maximum absolute atomic E-state index is 10.6. The van der Waals surface area contributed by atoms with Gasteiger partial charge in [0.25, 0.3) is 0 Å². The van der Waals surface area contributed by atoms with Gasteiger partial charge in [-0.1, -0.05) is 55.9 Å². The fraction of sp³-hybridized carbons (Fsp3) is 0.250. The molecule has 3 rings (SSSR count). The number of fused-ring (bicyclic) bond motifs is 2. The normalized spacial score (nSPS) is 17.4. The van der Waals surface area contributed by atoms with E-state index >= 15 is 0 Å². The maximum Gasteiger partial charge on any atom is 0.107 e. The van der Waals surface area contributed by atoms with Gasteiger partial charge in [0.05, 0.1) is 0 Å². The van der Waals surface area contributed by atoms with E-state index in [1.165, 1.54) is 15.4 Å². The second-order valence-electron chi connectivity index (χ2n) is 4.96. The molecule has 92 valence electrons. The summed E-state index contributed by atoms with van der Waals surface area (Å²) in [5.74, 6) is 0.431. The molecule has 1 unspecified atom stereocenters. The molecule has 2 heteroatoms. The number of aliphatic hydroxyl groups excluding tert-OH is 1. The second kappa shape index (κ2) is 4.45. The third-order valence-corrected chi connectivity index (χ3v) is 4.60. The van der Waals surface area contributed by atoms with Crippen molar-refractivity contribution < 1.29 is 5.11 Å². The van der Waals surface area contributed by atoms with Gasteiger partial charge in [0.2, 0.25) is 0 Å². The van der Waals surface area contributed by atoms with Crippen LogP contribution >= 0.6 is 11.8 Å². The molecule has 1 aliphatic heterocycles. The highest BCUT2D eigenvalue weighted by Gasteiger charge is 2.26. The highest BCUT2D eigenvalue weighted by molar-refractivity contribution is 7.99. The van der Waals surface area contributed by atoms with Gasteiger partial charge in [-0.3, -0.25) is 0 Å². The third kappa shape index (κ3) is 1.76. The van der Waals surface area contributed by atoms with Crippen molar-refractivity contribution in [3.63, 3.8) is 0 Å². The van der Waals surface area contributed by atoms with Crippen LogP contribution in [0.25, 0.3) is 0 Å². The van der Waals surface area contributed by atoms with Crippen molar-refractivity contribution in [1.82, 2.24) is 0 Å². The molecule has 0 fully saturated rings. The Balaban J connectivity index is 2.20. The highest BCUT2D eigenvalue weighted by Crippen LogP contribution is 2.46. The van der Waals surface area contributed by atoms with E-state index in [1.54, 1.807) is 11.8 Å². The Morgan fingerprint density at radius 2 is 1.72 bits per heavy atom. The van der Waals surface area contributed by atoms with E-state index in [1.807, 2.05) is 18.2 Å². The molecular formula is C16H16OS. The van der Waals surface area contributed by atoms with Gasteiger partial charge in [-0.2, -0.15) is 0 Å². The van der Waals surface area contributed by atoms with Gasteiger partial charge >= 0.3 is 0 Å². The molecule has 0 radical (unpaired) electrons. The van der Waals surface area contributed by atoms with Crippen LogP contribution in [0.5, 0.6) is 0 Å². The summed E-state index contributed by atoms with van der Waals surface area (Å²) in [6, 6.07) is 14.4. The Kier molecular flexibility index (Phi) is 2.92. The van der Waals surface area contributed by atoms with E-state index < -0.39 is 6.10 Å². The molecule has 1 nitrogen and oxygen atoms in total. The first kappa shape index (κ1) is 11.8. The Labute approximate surface area is 112 Å². The van der Waals surface area contributed by atoms with Crippen LogP contribution in [0.2, 0.25) is 0 Å². The topological polar surface area (TPSA) is 20.2 Å². The van der Waals surface area contributed by atoms with Crippen molar-refractivity contribution in [3.8, 4) is 0 Å². The van der Waals surface area contributed by atoms with Crippen LogP contribution < -0.4 is 0 Å². The lowest BCUT2D eigenvalue weighted by Gasteiger charge is -2.27. The van der Waals surface area contributed by atoms with Crippen molar-refractivity contribution in [2.45, 2.75) is 35.7 Å². The van der Waals surface area contributed by atoms with Gasteiger partial charge in [-0.15, -0.1) is 0 Å². The SMILES string of the molecule is CC(C)c1cccc2c1C(O)c1ccccc1S2. The van der Waals surface area contributed by atoms with Gasteiger partial charge in [-0.25, -0.2) is 0 Å². The van der Waals surface area contributed by atoms with Crippen LogP contribution in [0, 0.1) is 0 Å². The number of aliphatic hydroxyl groups is 1. The summed E-state index contributed by atoms with van der Waals surface area (Å²) in [5.41, 5.74) is 3.38. The van der Waals surface area contributed by atoms with Crippen molar-refractivity contribution in [3.05, 3.63) is 59.2 Å². The van der Waals surface area contributed by atoms with Crippen LogP contribution in [0.3, 0.4) is 0 Å². The molecule has 2 aromatic rings. The predicted molar refractivity (Wildman–Crippen MR) is 75.2 cm³/mol. The minimum atomic E-state index is -0.490. The number of benzene rings is 2. The fourth-order valence-corrected chi connectivity index (χ4v) is 3.69. The van der Waals surface area contributed by atoms with Crippen LogP contribution in [0.15, 0.2) is 52.3 Å². The zero-order valence-electron chi connectivity index (χ0n) is 10.6. The monoisotopic (exact) mass is 256 g/mol.